The van der Waals surface area contributed by atoms with Gasteiger partial charge in [-0.15, -0.1) is 0 Å². The monoisotopic (exact) mass is 419 g/mol. The van der Waals surface area contributed by atoms with Crippen LogP contribution in [0.25, 0.3) is 0 Å². The van der Waals surface area contributed by atoms with E-state index in [0.29, 0.717) is 24.3 Å². The van der Waals surface area contributed by atoms with Crippen LogP contribution in [0, 0.1) is 0 Å². The van der Waals surface area contributed by atoms with Crippen molar-refractivity contribution < 1.29 is 9.53 Å². The van der Waals surface area contributed by atoms with Gasteiger partial charge in [0.1, 0.15) is 18.2 Å². The van der Waals surface area contributed by atoms with Crippen LogP contribution in [-0.4, -0.2) is 55.3 Å². The number of aryl methyl sites for hydroxylation is 1. The fraction of sp³-hybridized carbons (Fsp3) is 0.500. The number of hydrogen-bond acceptors (Lipinski definition) is 6. The molecule has 0 spiro atoms. The van der Waals surface area contributed by atoms with E-state index >= 15 is 0 Å². The third-order valence-electron chi connectivity index (χ3n) is 7.02. The average molecular weight is 420 g/mol. The Bertz CT molecular complexity index is 997. The second-order valence-corrected chi connectivity index (χ2v) is 9.28. The second kappa shape index (κ2) is 7.71. The number of hydrogen-bond donors (Lipinski definition) is 3. The molecule has 2 saturated heterocycles. The highest BCUT2D eigenvalue weighted by atomic mass is 16.5. The number of benzene rings is 1. The zero-order valence-corrected chi connectivity index (χ0v) is 17.7. The Morgan fingerprint density at radius 2 is 2.03 bits per heavy atom. The zero-order chi connectivity index (χ0) is 20.8. The first-order valence-electron chi connectivity index (χ1n) is 11.5. The quantitative estimate of drug-likeness (QED) is 0.707. The van der Waals surface area contributed by atoms with Crippen molar-refractivity contribution in [1.82, 2.24) is 15.6 Å². The predicted octanol–water partition coefficient (Wildman–Crippen LogP) is 2.11. The van der Waals surface area contributed by atoms with Crippen molar-refractivity contribution in [2.75, 3.05) is 36.5 Å². The van der Waals surface area contributed by atoms with Gasteiger partial charge in [-0.25, -0.2) is 4.98 Å². The Labute approximate surface area is 182 Å². The maximum absolute atomic E-state index is 12.8. The topological polar surface area (TPSA) is 78.5 Å². The molecule has 2 aromatic rings. The van der Waals surface area contributed by atoms with Crippen molar-refractivity contribution in [2.24, 2.45) is 0 Å². The number of ether oxygens (including phenoxy) is 1. The molecule has 0 radical (unpaired) electrons. The zero-order valence-electron chi connectivity index (χ0n) is 17.7. The molecule has 0 saturated carbocycles. The third-order valence-corrected chi connectivity index (χ3v) is 7.02. The maximum Gasteiger partial charge on any atom is 0.253 e. The Morgan fingerprint density at radius 1 is 1.16 bits per heavy atom. The van der Waals surface area contributed by atoms with Crippen LogP contribution in [0.5, 0.6) is 5.75 Å². The van der Waals surface area contributed by atoms with E-state index in [1.165, 1.54) is 18.5 Å². The highest BCUT2D eigenvalue weighted by molar-refractivity contribution is 5.94. The highest BCUT2D eigenvalue weighted by Gasteiger charge is 2.32. The summed E-state index contributed by atoms with van der Waals surface area (Å²) in [5.41, 5.74) is 4.15. The van der Waals surface area contributed by atoms with Crippen LogP contribution in [0.15, 0.2) is 30.5 Å². The molecule has 1 aromatic heterocycles. The Balaban J connectivity index is 1.12. The number of nitrogens with one attached hydrogen (secondary N) is 3. The lowest BCUT2D eigenvalue weighted by molar-refractivity contribution is 0.0915. The minimum absolute atomic E-state index is 0.0324. The Hall–Kier alpha value is -2.80. The van der Waals surface area contributed by atoms with Crippen molar-refractivity contribution in [3.8, 4) is 5.75 Å². The molecule has 31 heavy (non-hydrogen) atoms. The summed E-state index contributed by atoms with van der Waals surface area (Å²) in [6, 6.07) is 9.71. The molecule has 1 amide bonds. The van der Waals surface area contributed by atoms with Crippen LogP contribution in [0.4, 0.5) is 11.5 Å². The Morgan fingerprint density at radius 3 is 2.90 bits per heavy atom. The standard InChI is InChI=1S/C24H29N5O2/c30-24(17-8-16-2-1-7-25-23(16)26-11-17)28-20-9-15-3-6-21(10-22(15)31-14-20)29-12-18-4-5-19(13-29)27-18/h3,6,8,10-11,18-20,27H,1-2,4-5,7,9,12-14H2,(H,25,26)(H,28,30)/t18?,19?,20-/m1/s1. The van der Waals surface area contributed by atoms with E-state index < -0.39 is 0 Å². The number of piperazine rings is 1. The first-order valence-corrected chi connectivity index (χ1v) is 11.5. The fourth-order valence-electron chi connectivity index (χ4n) is 5.40. The molecule has 3 N–H and O–H groups in total. The number of nitrogens with zero attached hydrogens (tertiary/aromatic N) is 2. The van der Waals surface area contributed by atoms with Crippen molar-refractivity contribution >= 4 is 17.4 Å². The van der Waals surface area contributed by atoms with Gasteiger partial charge in [-0.05, 0) is 55.4 Å². The lowest BCUT2D eigenvalue weighted by Crippen LogP contribution is -2.51. The molecular formula is C24H29N5O2. The van der Waals surface area contributed by atoms with Crippen LogP contribution in [0.3, 0.4) is 0 Å². The number of fused-ring (bicyclic) bond motifs is 4. The lowest BCUT2D eigenvalue weighted by atomic mass is 10.0. The Kier molecular flexibility index (Phi) is 4.71. The van der Waals surface area contributed by atoms with Crippen LogP contribution in [0.2, 0.25) is 0 Å². The molecule has 0 aliphatic carbocycles. The molecule has 4 aliphatic rings. The van der Waals surface area contributed by atoms with Gasteiger partial charge in [-0.3, -0.25) is 4.79 Å². The number of amides is 1. The number of anilines is 2. The average Bonchev–Trinajstić information content (AvgIpc) is 3.15. The van der Waals surface area contributed by atoms with Gasteiger partial charge in [0.15, 0.2) is 0 Å². The summed E-state index contributed by atoms with van der Waals surface area (Å²) in [4.78, 5) is 19.7. The van der Waals surface area contributed by atoms with Gasteiger partial charge in [-0.1, -0.05) is 6.07 Å². The molecule has 5 heterocycles. The smallest absolute Gasteiger partial charge is 0.253 e. The summed E-state index contributed by atoms with van der Waals surface area (Å²) in [5.74, 6) is 1.78. The minimum Gasteiger partial charge on any atom is -0.491 e. The predicted molar refractivity (Wildman–Crippen MR) is 120 cm³/mol. The molecule has 4 aliphatic heterocycles. The first-order chi connectivity index (χ1) is 15.2. The van der Waals surface area contributed by atoms with Gasteiger partial charge in [0.05, 0.1) is 11.6 Å². The van der Waals surface area contributed by atoms with E-state index in [1.807, 2.05) is 6.07 Å². The first kappa shape index (κ1) is 18.9. The van der Waals surface area contributed by atoms with E-state index in [2.05, 4.69) is 44.0 Å². The minimum atomic E-state index is -0.0779. The number of pyridine rings is 1. The highest BCUT2D eigenvalue weighted by Crippen LogP contribution is 2.32. The van der Waals surface area contributed by atoms with Gasteiger partial charge in [0, 0.05) is 49.7 Å². The molecule has 2 unspecified atom stereocenters. The van der Waals surface area contributed by atoms with Crippen molar-refractivity contribution in [1.29, 1.82) is 0 Å². The van der Waals surface area contributed by atoms with Gasteiger partial charge in [-0.2, -0.15) is 0 Å². The summed E-state index contributed by atoms with van der Waals surface area (Å²) < 4.78 is 6.08. The SMILES string of the molecule is O=C(N[C@H]1COc2cc(N3CC4CCC(C3)N4)ccc2C1)c1cnc2c(c1)CCCN2. The number of carbonyl (C=O) groups excluding carboxylic acids is 1. The van der Waals surface area contributed by atoms with Crippen LogP contribution >= 0.6 is 0 Å². The summed E-state index contributed by atoms with van der Waals surface area (Å²) in [7, 11) is 0. The molecule has 162 valence electrons. The number of aromatic nitrogens is 1. The number of carbonyl (C=O) groups is 1. The summed E-state index contributed by atoms with van der Waals surface area (Å²) in [5, 5.41) is 10.1. The van der Waals surface area contributed by atoms with Gasteiger partial charge >= 0.3 is 0 Å². The maximum atomic E-state index is 12.8. The number of rotatable bonds is 3. The van der Waals surface area contributed by atoms with Crippen molar-refractivity contribution in [2.45, 2.75) is 50.2 Å². The molecule has 1 aromatic carbocycles. The molecule has 7 nitrogen and oxygen atoms in total. The third kappa shape index (κ3) is 3.71. The van der Waals surface area contributed by atoms with Crippen molar-refractivity contribution in [3.05, 3.63) is 47.2 Å². The summed E-state index contributed by atoms with van der Waals surface area (Å²) in [6.45, 7) is 3.58. The normalized spacial score (nSPS) is 26.3. The molecule has 6 rings (SSSR count). The molecule has 2 bridgehead atoms. The van der Waals surface area contributed by atoms with Gasteiger partial charge < -0.3 is 25.6 Å². The van der Waals surface area contributed by atoms with Crippen LogP contribution < -0.4 is 25.6 Å². The largest absolute Gasteiger partial charge is 0.491 e. The summed E-state index contributed by atoms with van der Waals surface area (Å²) in [6.07, 6.45) is 7.04. The van der Waals surface area contributed by atoms with E-state index in [-0.39, 0.29) is 11.9 Å². The van der Waals surface area contributed by atoms with Gasteiger partial charge in [0.2, 0.25) is 0 Å². The van der Waals surface area contributed by atoms with Crippen LogP contribution in [-0.2, 0) is 12.8 Å². The van der Waals surface area contributed by atoms with E-state index in [0.717, 1.165) is 61.6 Å². The van der Waals surface area contributed by atoms with E-state index in [1.54, 1.807) is 6.20 Å². The molecule has 3 atom stereocenters. The molecular weight excluding hydrogens is 390 g/mol. The molecule has 2 fully saturated rings. The van der Waals surface area contributed by atoms with E-state index in [4.69, 9.17) is 4.74 Å². The van der Waals surface area contributed by atoms with Crippen LogP contribution in [0.1, 0.15) is 40.7 Å². The van der Waals surface area contributed by atoms with Crippen molar-refractivity contribution in [3.63, 3.8) is 0 Å². The fourth-order valence-corrected chi connectivity index (χ4v) is 5.40. The van der Waals surface area contributed by atoms with E-state index in [9.17, 15) is 4.79 Å². The second-order valence-electron chi connectivity index (χ2n) is 9.28. The molecule has 7 heteroatoms. The summed E-state index contributed by atoms with van der Waals surface area (Å²) >= 11 is 0. The van der Waals surface area contributed by atoms with Gasteiger partial charge in [0.25, 0.3) is 5.91 Å². The lowest BCUT2D eigenvalue weighted by Gasteiger charge is -2.35.